The summed E-state index contributed by atoms with van der Waals surface area (Å²) in [6.45, 7) is 4.79. The predicted molar refractivity (Wildman–Crippen MR) is 120 cm³/mol. The lowest BCUT2D eigenvalue weighted by Crippen LogP contribution is -2.26. The minimum atomic E-state index is -0.0776. The molecule has 31 heavy (non-hydrogen) atoms. The van der Waals surface area contributed by atoms with E-state index in [-0.39, 0.29) is 18.7 Å². The molecule has 1 aliphatic heterocycles. The number of pyridine rings is 1. The van der Waals surface area contributed by atoms with Gasteiger partial charge in [0.05, 0.1) is 27.7 Å². The second kappa shape index (κ2) is 7.70. The van der Waals surface area contributed by atoms with Crippen LogP contribution < -0.4 is 9.47 Å². The van der Waals surface area contributed by atoms with Gasteiger partial charge < -0.3 is 14.4 Å². The minimum absolute atomic E-state index is 0.0776. The van der Waals surface area contributed by atoms with E-state index in [4.69, 9.17) is 14.5 Å². The summed E-state index contributed by atoms with van der Waals surface area (Å²) in [4.78, 5) is 21.1. The van der Waals surface area contributed by atoms with E-state index in [1.165, 1.54) is 0 Å². The van der Waals surface area contributed by atoms with E-state index in [2.05, 4.69) is 18.9 Å². The number of benzene rings is 1. The van der Waals surface area contributed by atoms with Crippen molar-refractivity contribution in [2.45, 2.75) is 26.4 Å². The monoisotopic (exact) mass is 434 g/mol. The standard InChI is InChI=1S/C23H22N4O3S/c1-14(2)27-22-17(11-24-27)16(10-18(25-22)21-5-4-8-31-21)23(28)26(3)12-15-6-7-19-20(9-15)30-13-29-19/h4-11,14H,12-13H2,1-3H3. The predicted octanol–water partition coefficient (Wildman–Crippen LogP) is 4.74. The first-order valence-electron chi connectivity index (χ1n) is 10.1. The maximum absolute atomic E-state index is 13.5. The third-order valence-corrected chi connectivity index (χ3v) is 6.16. The summed E-state index contributed by atoms with van der Waals surface area (Å²) in [7, 11) is 1.80. The molecular weight excluding hydrogens is 412 g/mol. The second-order valence-electron chi connectivity index (χ2n) is 7.80. The summed E-state index contributed by atoms with van der Waals surface area (Å²) < 4.78 is 12.7. The van der Waals surface area contributed by atoms with Crippen LogP contribution in [0.15, 0.2) is 48.0 Å². The molecule has 0 fully saturated rings. The molecule has 4 aromatic rings. The van der Waals surface area contributed by atoms with Crippen molar-refractivity contribution in [1.82, 2.24) is 19.7 Å². The van der Waals surface area contributed by atoms with Gasteiger partial charge in [-0.2, -0.15) is 5.10 Å². The van der Waals surface area contributed by atoms with Crippen molar-refractivity contribution in [2.75, 3.05) is 13.8 Å². The Morgan fingerprint density at radius 3 is 2.84 bits per heavy atom. The smallest absolute Gasteiger partial charge is 0.254 e. The quantitative estimate of drug-likeness (QED) is 0.454. The van der Waals surface area contributed by atoms with E-state index in [1.807, 2.05) is 46.5 Å². The fourth-order valence-corrected chi connectivity index (χ4v) is 4.40. The van der Waals surface area contributed by atoms with Crippen LogP contribution in [-0.4, -0.2) is 39.4 Å². The van der Waals surface area contributed by atoms with Gasteiger partial charge in [-0.15, -0.1) is 11.3 Å². The van der Waals surface area contributed by atoms with E-state index in [1.54, 1.807) is 29.5 Å². The Kier molecular flexibility index (Phi) is 4.86. The van der Waals surface area contributed by atoms with Gasteiger partial charge in [0.2, 0.25) is 6.79 Å². The van der Waals surface area contributed by atoms with Crippen molar-refractivity contribution in [3.8, 4) is 22.1 Å². The van der Waals surface area contributed by atoms with Crippen LogP contribution in [0.1, 0.15) is 35.8 Å². The van der Waals surface area contributed by atoms with E-state index in [0.29, 0.717) is 17.9 Å². The number of amides is 1. The van der Waals surface area contributed by atoms with Gasteiger partial charge in [-0.3, -0.25) is 4.79 Å². The normalized spacial score (nSPS) is 12.6. The van der Waals surface area contributed by atoms with E-state index >= 15 is 0 Å². The maximum atomic E-state index is 13.5. The summed E-state index contributed by atoms with van der Waals surface area (Å²) in [5.74, 6) is 1.37. The molecule has 0 spiro atoms. The van der Waals surface area contributed by atoms with Crippen molar-refractivity contribution in [2.24, 2.45) is 0 Å². The molecule has 1 aromatic carbocycles. The summed E-state index contributed by atoms with van der Waals surface area (Å²) in [6, 6.07) is 11.8. The van der Waals surface area contributed by atoms with Crippen LogP contribution in [-0.2, 0) is 6.54 Å². The van der Waals surface area contributed by atoms with Crippen molar-refractivity contribution < 1.29 is 14.3 Å². The topological polar surface area (TPSA) is 69.5 Å². The Morgan fingerprint density at radius 2 is 2.06 bits per heavy atom. The van der Waals surface area contributed by atoms with Crippen LogP contribution in [0.4, 0.5) is 0 Å². The van der Waals surface area contributed by atoms with Crippen LogP contribution in [0.2, 0.25) is 0 Å². The summed E-state index contributed by atoms with van der Waals surface area (Å²) >= 11 is 1.60. The van der Waals surface area contributed by atoms with Crippen LogP contribution in [0.5, 0.6) is 11.5 Å². The van der Waals surface area contributed by atoms with Gasteiger partial charge in [0.1, 0.15) is 0 Å². The van der Waals surface area contributed by atoms with Crippen LogP contribution >= 0.6 is 11.3 Å². The van der Waals surface area contributed by atoms with Crippen LogP contribution in [0.3, 0.4) is 0 Å². The number of aromatic nitrogens is 3. The number of carbonyl (C=O) groups excluding carboxylic acids is 1. The second-order valence-corrected chi connectivity index (χ2v) is 8.75. The number of carbonyl (C=O) groups is 1. The number of hydrogen-bond acceptors (Lipinski definition) is 6. The summed E-state index contributed by atoms with van der Waals surface area (Å²) in [6.07, 6.45) is 1.74. The minimum Gasteiger partial charge on any atom is -0.454 e. The molecule has 5 rings (SSSR count). The molecule has 0 N–H and O–H groups in total. The molecule has 0 aliphatic carbocycles. The Hall–Kier alpha value is -3.39. The Labute approximate surface area is 183 Å². The van der Waals surface area contributed by atoms with Gasteiger partial charge in [-0.25, -0.2) is 9.67 Å². The molecule has 3 aromatic heterocycles. The van der Waals surface area contributed by atoms with E-state index in [9.17, 15) is 4.79 Å². The van der Waals surface area contributed by atoms with Crippen LogP contribution in [0, 0.1) is 0 Å². The number of nitrogens with zero attached hydrogens (tertiary/aromatic N) is 4. The van der Waals surface area contributed by atoms with Crippen LogP contribution in [0.25, 0.3) is 21.6 Å². The van der Waals surface area contributed by atoms with Crippen molar-refractivity contribution >= 4 is 28.3 Å². The lowest BCUT2D eigenvalue weighted by Gasteiger charge is -2.18. The highest BCUT2D eigenvalue weighted by atomic mass is 32.1. The van der Waals surface area contributed by atoms with Gasteiger partial charge >= 0.3 is 0 Å². The molecule has 0 saturated heterocycles. The van der Waals surface area contributed by atoms with Crippen molar-refractivity contribution in [3.05, 3.63) is 59.1 Å². The Morgan fingerprint density at radius 1 is 1.23 bits per heavy atom. The average Bonchev–Trinajstić information content (AvgIpc) is 3.52. The molecule has 0 radical (unpaired) electrons. The average molecular weight is 435 g/mol. The molecule has 0 atom stereocenters. The first-order valence-corrected chi connectivity index (χ1v) is 11.0. The molecular formula is C23H22N4O3S. The molecule has 0 bridgehead atoms. The molecule has 158 valence electrons. The Bertz CT molecular complexity index is 1260. The fraction of sp³-hybridized carbons (Fsp3) is 0.261. The molecule has 0 saturated carbocycles. The highest BCUT2D eigenvalue weighted by Crippen LogP contribution is 2.33. The SMILES string of the molecule is CC(C)n1ncc2c(C(=O)N(C)Cc3ccc4c(c3)OCO4)cc(-c3cccs3)nc21. The van der Waals surface area contributed by atoms with Gasteiger partial charge in [0.25, 0.3) is 5.91 Å². The van der Waals surface area contributed by atoms with Gasteiger partial charge in [0, 0.05) is 19.6 Å². The van der Waals surface area contributed by atoms with Gasteiger partial charge in [-0.05, 0) is 49.1 Å². The zero-order valence-corrected chi connectivity index (χ0v) is 18.3. The largest absolute Gasteiger partial charge is 0.454 e. The van der Waals surface area contributed by atoms with Gasteiger partial charge in [-0.1, -0.05) is 12.1 Å². The maximum Gasteiger partial charge on any atom is 0.254 e. The lowest BCUT2D eigenvalue weighted by atomic mass is 10.1. The molecule has 0 unspecified atom stereocenters. The zero-order chi connectivity index (χ0) is 21.5. The van der Waals surface area contributed by atoms with Crippen molar-refractivity contribution in [3.63, 3.8) is 0 Å². The van der Waals surface area contributed by atoms with Crippen molar-refractivity contribution in [1.29, 1.82) is 0 Å². The first kappa shape index (κ1) is 19.6. The number of hydrogen-bond donors (Lipinski definition) is 0. The summed E-state index contributed by atoms with van der Waals surface area (Å²) in [5.41, 5.74) is 3.08. The fourth-order valence-electron chi connectivity index (χ4n) is 3.71. The molecule has 1 aliphatic rings. The van der Waals surface area contributed by atoms with Gasteiger partial charge in [0.15, 0.2) is 17.1 Å². The number of ether oxygens (including phenoxy) is 2. The molecule has 1 amide bonds. The Balaban J connectivity index is 1.52. The lowest BCUT2D eigenvalue weighted by molar-refractivity contribution is 0.0787. The third kappa shape index (κ3) is 3.53. The molecule has 8 heteroatoms. The third-order valence-electron chi connectivity index (χ3n) is 5.26. The highest BCUT2D eigenvalue weighted by Gasteiger charge is 2.22. The van der Waals surface area contributed by atoms with E-state index in [0.717, 1.165) is 32.9 Å². The highest BCUT2D eigenvalue weighted by molar-refractivity contribution is 7.13. The number of thiophene rings is 1. The zero-order valence-electron chi connectivity index (χ0n) is 17.5. The number of rotatable bonds is 5. The molecule has 4 heterocycles. The van der Waals surface area contributed by atoms with E-state index < -0.39 is 0 Å². The molecule has 7 nitrogen and oxygen atoms in total. The first-order chi connectivity index (χ1) is 15.0. The number of fused-ring (bicyclic) bond motifs is 2. The summed E-state index contributed by atoms with van der Waals surface area (Å²) in [5, 5.41) is 7.27.